The maximum Gasteiger partial charge on any atom is 0.337 e. The van der Waals surface area contributed by atoms with Crippen LogP contribution in [0.4, 0.5) is 4.39 Å². The van der Waals surface area contributed by atoms with Gasteiger partial charge in [0, 0.05) is 6.04 Å². The molecule has 0 heterocycles. The number of benzene rings is 2. The lowest BCUT2D eigenvalue weighted by Crippen LogP contribution is -2.28. The number of fused-ring (bicyclic) bond motifs is 1. The van der Waals surface area contributed by atoms with E-state index < -0.39 is 27.9 Å². The van der Waals surface area contributed by atoms with Gasteiger partial charge in [0.05, 0.1) is 12.7 Å². The molecule has 7 heteroatoms. The van der Waals surface area contributed by atoms with Gasteiger partial charge in [-0.25, -0.2) is 22.3 Å². The van der Waals surface area contributed by atoms with E-state index in [0.717, 1.165) is 17.2 Å². The van der Waals surface area contributed by atoms with Crippen LogP contribution >= 0.6 is 0 Å². The van der Waals surface area contributed by atoms with Gasteiger partial charge in [-0.1, -0.05) is 18.2 Å². The van der Waals surface area contributed by atoms with E-state index in [1.54, 1.807) is 18.2 Å². The van der Waals surface area contributed by atoms with Gasteiger partial charge in [-0.3, -0.25) is 0 Å². The van der Waals surface area contributed by atoms with Crippen LogP contribution in [0.5, 0.6) is 0 Å². The smallest absolute Gasteiger partial charge is 0.337 e. The highest BCUT2D eigenvalue weighted by atomic mass is 32.2. The number of aryl methyl sites for hydroxylation is 1. The summed E-state index contributed by atoms with van der Waals surface area (Å²) in [7, 11) is -2.71. The summed E-state index contributed by atoms with van der Waals surface area (Å²) >= 11 is 0. The van der Waals surface area contributed by atoms with Crippen LogP contribution in [0.1, 0.15) is 33.9 Å². The van der Waals surface area contributed by atoms with E-state index in [1.165, 1.54) is 25.3 Å². The highest BCUT2D eigenvalue weighted by Gasteiger charge is 2.29. The summed E-state index contributed by atoms with van der Waals surface area (Å²) in [6.07, 6.45) is 1.23. The Bertz CT molecular complexity index is 895. The summed E-state index contributed by atoms with van der Waals surface area (Å²) in [6, 6.07) is 9.79. The molecule has 0 unspecified atom stereocenters. The molecular weight excluding hydrogens is 333 g/mol. The second-order valence-electron chi connectivity index (χ2n) is 5.55. The molecule has 0 radical (unpaired) electrons. The molecule has 5 nitrogen and oxygen atoms in total. The Kier molecular flexibility index (Phi) is 4.38. The Morgan fingerprint density at radius 3 is 2.71 bits per heavy atom. The van der Waals surface area contributed by atoms with Gasteiger partial charge in [-0.05, 0) is 48.2 Å². The third-order valence-corrected chi connectivity index (χ3v) is 5.57. The van der Waals surface area contributed by atoms with Gasteiger partial charge in [0.1, 0.15) is 10.7 Å². The molecular formula is C17H16FNO4S. The van der Waals surface area contributed by atoms with Crippen molar-refractivity contribution < 1.29 is 22.3 Å². The van der Waals surface area contributed by atoms with E-state index in [4.69, 9.17) is 4.74 Å². The van der Waals surface area contributed by atoms with Crippen LogP contribution < -0.4 is 4.72 Å². The second-order valence-corrected chi connectivity index (χ2v) is 7.23. The number of sulfonamides is 1. The average Bonchev–Trinajstić information content (AvgIpc) is 2.96. The molecule has 1 aliphatic rings. The van der Waals surface area contributed by atoms with Gasteiger partial charge in [0.25, 0.3) is 0 Å². The molecule has 1 N–H and O–H groups in total. The first kappa shape index (κ1) is 16.6. The van der Waals surface area contributed by atoms with Gasteiger partial charge in [-0.15, -0.1) is 0 Å². The van der Waals surface area contributed by atoms with Gasteiger partial charge in [0.2, 0.25) is 10.0 Å². The predicted molar refractivity (Wildman–Crippen MR) is 85.6 cm³/mol. The molecule has 24 heavy (non-hydrogen) atoms. The van der Waals surface area contributed by atoms with Crippen molar-refractivity contribution in [3.63, 3.8) is 0 Å². The number of rotatable bonds is 4. The summed E-state index contributed by atoms with van der Waals surface area (Å²) in [4.78, 5) is 11.3. The minimum Gasteiger partial charge on any atom is -0.465 e. The van der Waals surface area contributed by atoms with Crippen molar-refractivity contribution in [2.75, 3.05) is 7.11 Å². The van der Waals surface area contributed by atoms with E-state index >= 15 is 0 Å². The van der Waals surface area contributed by atoms with Crippen LogP contribution in [0.25, 0.3) is 0 Å². The van der Waals surface area contributed by atoms with Crippen molar-refractivity contribution in [1.29, 1.82) is 0 Å². The fraction of sp³-hybridized carbons (Fsp3) is 0.235. The van der Waals surface area contributed by atoms with E-state index in [-0.39, 0.29) is 4.90 Å². The normalized spacial score (nSPS) is 16.7. The number of ether oxygens (including phenoxy) is 1. The average molecular weight is 349 g/mol. The number of carbonyl (C=O) groups excluding carboxylic acids is 1. The van der Waals surface area contributed by atoms with Gasteiger partial charge in [0.15, 0.2) is 0 Å². The Labute approximate surface area is 139 Å². The molecule has 2 aromatic rings. The zero-order chi connectivity index (χ0) is 17.3. The molecule has 0 saturated carbocycles. The lowest BCUT2D eigenvalue weighted by molar-refractivity contribution is 0.0600. The largest absolute Gasteiger partial charge is 0.465 e. The number of nitrogens with one attached hydrogen (secondary N) is 1. The first-order valence-electron chi connectivity index (χ1n) is 7.40. The summed E-state index contributed by atoms with van der Waals surface area (Å²) in [5, 5.41) is 0. The van der Waals surface area contributed by atoms with Crippen LogP contribution in [0.3, 0.4) is 0 Å². The molecule has 1 aliphatic carbocycles. The zero-order valence-electron chi connectivity index (χ0n) is 13.0. The maximum absolute atomic E-state index is 13.8. The molecule has 0 amide bonds. The van der Waals surface area contributed by atoms with E-state index in [9.17, 15) is 17.6 Å². The van der Waals surface area contributed by atoms with Crippen LogP contribution in [-0.4, -0.2) is 21.5 Å². The van der Waals surface area contributed by atoms with Crippen molar-refractivity contribution in [2.45, 2.75) is 23.8 Å². The van der Waals surface area contributed by atoms with Crippen LogP contribution in [0.15, 0.2) is 47.4 Å². The Morgan fingerprint density at radius 2 is 2.00 bits per heavy atom. The van der Waals surface area contributed by atoms with Gasteiger partial charge in [-0.2, -0.15) is 0 Å². The third kappa shape index (κ3) is 3.05. The fourth-order valence-corrected chi connectivity index (χ4v) is 4.21. The summed E-state index contributed by atoms with van der Waals surface area (Å²) in [5.41, 5.74) is 2.04. The van der Waals surface area contributed by atoms with Crippen molar-refractivity contribution in [1.82, 2.24) is 4.72 Å². The number of halogens is 1. The Hall–Kier alpha value is -2.25. The minimum atomic E-state index is -4.00. The first-order chi connectivity index (χ1) is 11.4. The van der Waals surface area contributed by atoms with Crippen LogP contribution in [-0.2, 0) is 21.2 Å². The quantitative estimate of drug-likeness (QED) is 0.861. The molecule has 0 spiro atoms. The van der Waals surface area contributed by atoms with Crippen LogP contribution in [0.2, 0.25) is 0 Å². The summed E-state index contributed by atoms with van der Waals surface area (Å²) in [6.45, 7) is 0. The van der Waals surface area contributed by atoms with Crippen molar-refractivity contribution >= 4 is 16.0 Å². The number of hydrogen-bond acceptors (Lipinski definition) is 4. The lowest BCUT2D eigenvalue weighted by Gasteiger charge is -2.15. The van der Waals surface area contributed by atoms with E-state index in [0.29, 0.717) is 18.4 Å². The van der Waals surface area contributed by atoms with Gasteiger partial charge < -0.3 is 4.74 Å². The van der Waals surface area contributed by atoms with E-state index in [1.807, 2.05) is 0 Å². The van der Waals surface area contributed by atoms with Crippen molar-refractivity contribution in [3.8, 4) is 0 Å². The monoisotopic (exact) mass is 349 g/mol. The highest BCUT2D eigenvalue weighted by Crippen LogP contribution is 2.33. The zero-order valence-corrected chi connectivity index (χ0v) is 13.8. The molecule has 0 saturated heterocycles. The molecule has 2 aromatic carbocycles. The summed E-state index contributed by atoms with van der Waals surface area (Å²) < 4.78 is 45.9. The maximum atomic E-state index is 13.8. The minimum absolute atomic E-state index is 0.355. The van der Waals surface area contributed by atoms with Crippen molar-refractivity contribution in [3.05, 3.63) is 65.0 Å². The molecule has 126 valence electrons. The second kappa shape index (κ2) is 6.33. The standard InChI is InChI=1S/C17H16FNO4S/c1-23-17(20)12-7-6-11-8-9-15(13(11)10-12)19-24(21,22)16-5-3-2-4-14(16)18/h2-7,10,15,19H,8-9H2,1H3/t15-/m1/s1. The lowest BCUT2D eigenvalue weighted by atomic mass is 10.0. The molecule has 0 bridgehead atoms. The fourth-order valence-electron chi connectivity index (χ4n) is 2.88. The first-order valence-corrected chi connectivity index (χ1v) is 8.88. The Balaban J connectivity index is 1.92. The number of esters is 1. The number of methoxy groups -OCH3 is 1. The predicted octanol–water partition coefficient (Wildman–Crippen LogP) is 2.58. The SMILES string of the molecule is COC(=O)c1ccc2c(c1)[C@H](NS(=O)(=O)c1ccccc1F)CC2. The van der Waals surface area contributed by atoms with E-state index in [2.05, 4.69) is 4.72 Å². The Morgan fingerprint density at radius 1 is 1.25 bits per heavy atom. The number of hydrogen-bond donors (Lipinski definition) is 1. The molecule has 0 aromatic heterocycles. The summed E-state index contributed by atoms with van der Waals surface area (Å²) in [5.74, 6) is -1.29. The molecule has 1 atom stereocenters. The third-order valence-electron chi connectivity index (χ3n) is 4.07. The molecule has 0 fully saturated rings. The topological polar surface area (TPSA) is 72.5 Å². The highest BCUT2D eigenvalue weighted by molar-refractivity contribution is 7.89. The van der Waals surface area contributed by atoms with Crippen LogP contribution in [0, 0.1) is 5.82 Å². The molecule has 3 rings (SSSR count). The van der Waals surface area contributed by atoms with Crippen molar-refractivity contribution in [2.24, 2.45) is 0 Å². The molecule has 0 aliphatic heterocycles. The van der Waals surface area contributed by atoms with Gasteiger partial charge >= 0.3 is 5.97 Å². The number of carbonyl (C=O) groups is 1.